The smallest absolute Gasteiger partial charge is 0.324 e. The summed E-state index contributed by atoms with van der Waals surface area (Å²) >= 11 is 0. The molecule has 1 aliphatic rings. The largest absolute Gasteiger partial charge is 0.399 e. The molecule has 4 N–H and O–H groups in total. The Morgan fingerprint density at radius 3 is 2.85 bits per heavy atom. The SMILES string of the molecule is Nc1cccc(NC(=O)CCCN2C(=O)CNC2=O)c1. The summed E-state index contributed by atoms with van der Waals surface area (Å²) in [5.74, 6) is -0.436. The Morgan fingerprint density at radius 2 is 2.20 bits per heavy atom. The monoisotopic (exact) mass is 276 g/mol. The maximum Gasteiger partial charge on any atom is 0.324 e. The highest BCUT2D eigenvalue weighted by atomic mass is 16.2. The van der Waals surface area contributed by atoms with Crippen LogP contribution in [0.3, 0.4) is 0 Å². The van der Waals surface area contributed by atoms with Gasteiger partial charge in [-0.1, -0.05) is 6.07 Å². The summed E-state index contributed by atoms with van der Waals surface area (Å²) in [6, 6.07) is 6.48. The van der Waals surface area contributed by atoms with Gasteiger partial charge in [-0.25, -0.2) is 4.79 Å². The van der Waals surface area contributed by atoms with Crippen LogP contribution in [0.2, 0.25) is 0 Å². The number of nitrogens with two attached hydrogens (primary N) is 1. The Balaban J connectivity index is 1.75. The third-order valence-electron chi connectivity index (χ3n) is 2.89. The number of hydrogen-bond acceptors (Lipinski definition) is 4. The lowest BCUT2D eigenvalue weighted by Gasteiger charge is -2.11. The molecule has 20 heavy (non-hydrogen) atoms. The van der Waals surface area contributed by atoms with Crippen LogP contribution in [-0.2, 0) is 9.59 Å². The maximum atomic E-state index is 11.7. The molecule has 0 unspecified atom stereocenters. The van der Waals surface area contributed by atoms with Crippen molar-refractivity contribution in [2.24, 2.45) is 0 Å². The molecular formula is C13H16N4O3. The van der Waals surface area contributed by atoms with Crippen molar-refractivity contribution in [1.29, 1.82) is 0 Å². The van der Waals surface area contributed by atoms with Gasteiger partial charge in [0.1, 0.15) is 0 Å². The number of nitrogens with one attached hydrogen (secondary N) is 2. The van der Waals surface area contributed by atoms with Gasteiger partial charge < -0.3 is 16.4 Å². The van der Waals surface area contributed by atoms with Crippen molar-refractivity contribution in [2.75, 3.05) is 24.1 Å². The van der Waals surface area contributed by atoms with Crippen LogP contribution in [0.4, 0.5) is 16.2 Å². The van der Waals surface area contributed by atoms with Crippen molar-refractivity contribution < 1.29 is 14.4 Å². The molecular weight excluding hydrogens is 260 g/mol. The van der Waals surface area contributed by atoms with E-state index in [1.807, 2.05) is 0 Å². The Bertz CT molecular complexity index is 528. The highest BCUT2D eigenvalue weighted by Crippen LogP contribution is 2.12. The summed E-state index contributed by atoms with van der Waals surface area (Å²) in [4.78, 5) is 35.4. The van der Waals surface area contributed by atoms with E-state index in [1.165, 1.54) is 0 Å². The van der Waals surface area contributed by atoms with Crippen LogP contribution in [0.5, 0.6) is 0 Å². The fraction of sp³-hybridized carbons (Fsp3) is 0.308. The molecule has 1 aliphatic heterocycles. The van der Waals surface area contributed by atoms with Gasteiger partial charge in [0.2, 0.25) is 11.8 Å². The first-order chi connectivity index (χ1) is 9.56. The molecule has 1 aromatic carbocycles. The van der Waals surface area contributed by atoms with Crippen molar-refractivity contribution in [3.63, 3.8) is 0 Å². The third kappa shape index (κ3) is 3.47. The average molecular weight is 276 g/mol. The fourth-order valence-corrected chi connectivity index (χ4v) is 1.92. The van der Waals surface area contributed by atoms with Crippen molar-refractivity contribution in [3.05, 3.63) is 24.3 Å². The molecule has 7 heteroatoms. The molecule has 4 amide bonds. The number of carbonyl (C=O) groups is 3. The van der Waals surface area contributed by atoms with Gasteiger partial charge in [0, 0.05) is 24.3 Å². The van der Waals surface area contributed by atoms with E-state index in [0.29, 0.717) is 17.8 Å². The normalized spacial score (nSPS) is 14.3. The second kappa shape index (κ2) is 6.05. The van der Waals surface area contributed by atoms with Gasteiger partial charge in [-0.3, -0.25) is 14.5 Å². The molecule has 7 nitrogen and oxygen atoms in total. The molecule has 0 bridgehead atoms. The number of carbonyl (C=O) groups excluding carboxylic acids is 3. The number of hydrogen-bond donors (Lipinski definition) is 3. The molecule has 1 fully saturated rings. The van der Waals surface area contributed by atoms with Crippen molar-refractivity contribution >= 4 is 29.2 Å². The summed E-state index contributed by atoms with van der Waals surface area (Å²) in [5.41, 5.74) is 6.81. The molecule has 1 heterocycles. The van der Waals surface area contributed by atoms with Crippen LogP contribution in [-0.4, -0.2) is 35.8 Å². The van der Waals surface area contributed by atoms with Crippen LogP contribution < -0.4 is 16.4 Å². The van der Waals surface area contributed by atoms with E-state index < -0.39 is 6.03 Å². The minimum Gasteiger partial charge on any atom is -0.399 e. The first-order valence-electron chi connectivity index (χ1n) is 6.30. The lowest BCUT2D eigenvalue weighted by molar-refractivity contribution is -0.125. The lowest BCUT2D eigenvalue weighted by Crippen LogP contribution is -2.32. The van der Waals surface area contributed by atoms with Crippen molar-refractivity contribution in [3.8, 4) is 0 Å². The Kier molecular flexibility index (Phi) is 4.19. The highest BCUT2D eigenvalue weighted by molar-refractivity contribution is 6.02. The lowest BCUT2D eigenvalue weighted by atomic mass is 10.2. The number of benzene rings is 1. The zero-order valence-electron chi connectivity index (χ0n) is 10.9. The van der Waals surface area contributed by atoms with Crippen molar-refractivity contribution in [2.45, 2.75) is 12.8 Å². The molecule has 2 rings (SSSR count). The van der Waals surface area contributed by atoms with Gasteiger partial charge in [0.25, 0.3) is 0 Å². The van der Waals surface area contributed by atoms with Gasteiger partial charge in [0.05, 0.1) is 6.54 Å². The zero-order chi connectivity index (χ0) is 14.5. The Hall–Kier alpha value is -2.57. The van der Waals surface area contributed by atoms with E-state index in [4.69, 9.17) is 5.73 Å². The van der Waals surface area contributed by atoms with E-state index in [9.17, 15) is 14.4 Å². The van der Waals surface area contributed by atoms with E-state index in [2.05, 4.69) is 10.6 Å². The van der Waals surface area contributed by atoms with E-state index >= 15 is 0 Å². The summed E-state index contributed by atoms with van der Waals surface area (Å²) in [5, 5.41) is 5.13. The average Bonchev–Trinajstić information content (AvgIpc) is 2.70. The first-order valence-corrected chi connectivity index (χ1v) is 6.30. The molecule has 1 aromatic rings. The zero-order valence-corrected chi connectivity index (χ0v) is 10.9. The number of amides is 4. The van der Waals surface area contributed by atoms with E-state index in [0.717, 1.165) is 4.90 Å². The number of nitrogen functional groups attached to an aromatic ring is 1. The second-order valence-corrected chi connectivity index (χ2v) is 4.48. The third-order valence-corrected chi connectivity index (χ3v) is 2.89. The summed E-state index contributed by atoms with van der Waals surface area (Å²) in [7, 11) is 0. The topological polar surface area (TPSA) is 105 Å². The standard InChI is InChI=1S/C13H16N4O3/c14-9-3-1-4-10(7-9)16-11(18)5-2-6-17-12(19)8-15-13(17)20/h1,3-4,7H,2,5-6,8,14H2,(H,15,20)(H,16,18). The number of anilines is 2. The molecule has 0 saturated carbocycles. The molecule has 0 radical (unpaired) electrons. The van der Waals surface area contributed by atoms with Gasteiger partial charge >= 0.3 is 6.03 Å². The second-order valence-electron chi connectivity index (χ2n) is 4.48. The Morgan fingerprint density at radius 1 is 1.40 bits per heavy atom. The minimum atomic E-state index is -0.397. The van der Waals surface area contributed by atoms with Crippen molar-refractivity contribution in [1.82, 2.24) is 10.2 Å². The predicted molar refractivity (Wildman–Crippen MR) is 73.8 cm³/mol. The van der Waals surface area contributed by atoms with Crippen LogP contribution in [0.15, 0.2) is 24.3 Å². The van der Waals surface area contributed by atoms with Gasteiger partial charge in [0.15, 0.2) is 0 Å². The fourth-order valence-electron chi connectivity index (χ4n) is 1.92. The first kappa shape index (κ1) is 13.9. The van der Waals surface area contributed by atoms with Crippen LogP contribution in [0.25, 0.3) is 0 Å². The molecule has 106 valence electrons. The van der Waals surface area contributed by atoms with Crippen LogP contribution in [0.1, 0.15) is 12.8 Å². The van der Waals surface area contributed by atoms with Crippen LogP contribution in [0, 0.1) is 0 Å². The summed E-state index contributed by atoms with van der Waals surface area (Å²) in [6.07, 6.45) is 0.652. The van der Waals surface area contributed by atoms with Crippen LogP contribution >= 0.6 is 0 Å². The van der Waals surface area contributed by atoms with E-state index in [-0.39, 0.29) is 31.3 Å². The maximum absolute atomic E-state index is 11.7. The number of urea groups is 1. The number of imide groups is 1. The van der Waals surface area contributed by atoms with Gasteiger partial charge in [-0.15, -0.1) is 0 Å². The molecule has 0 aliphatic carbocycles. The predicted octanol–water partition coefficient (Wildman–Crippen LogP) is 0.539. The number of rotatable bonds is 5. The number of nitrogens with zero attached hydrogens (tertiary/aromatic N) is 1. The molecule has 0 aromatic heterocycles. The minimum absolute atomic E-state index is 0.0360. The highest BCUT2D eigenvalue weighted by Gasteiger charge is 2.27. The molecule has 0 atom stereocenters. The molecule has 0 spiro atoms. The van der Waals surface area contributed by atoms with Gasteiger partial charge in [-0.05, 0) is 24.6 Å². The summed E-state index contributed by atoms with van der Waals surface area (Å²) in [6.45, 7) is 0.281. The van der Waals surface area contributed by atoms with Gasteiger partial charge in [-0.2, -0.15) is 0 Å². The summed E-state index contributed by atoms with van der Waals surface area (Å²) < 4.78 is 0. The Labute approximate surface area is 116 Å². The van der Waals surface area contributed by atoms with E-state index in [1.54, 1.807) is 24.3 Å². The molecule has 1 saturated heterocycles. The quantitative estimate of drug-likeness (QED) is 0.539.